The van der Waals surface area contributed by atoms with E-state index < -0.39 is 6.10 Å². The number of amides is 2. The maximum Gasteiger partial charge on any atom is 0.257 e. The molecule has 2 aromatic carbocycles. The Morgan fingerprint density at radius 2 is 1.78 bits per heavy atom. The van der Waals surface area contributed by atoms with Gasteiger partial charge in [-0.25, -0.2) is 0 Å². The number of anilines is 2. The SMILES string of the molecule is CCC(=O)N(c1ccccc1)[C@@H]1C[C@H](C)N(C(=O)C2CN(CC)CCO2)c2ccccc21. The van der Waals surface area contributed by atoms with Crippen LogP contribution in [-0.2, 0) is 14.3 Å². The van der Waals surface area contributed by atoms with E-state index in [1.54, 1.807) is 0 Å². The second-order valence-electron chi connectivity index (χ2n) is 8.57. The lowest BCUT2D eigenvalue weighted by Gasteiger charge is -2.45. The van der Waals surface area contributed by atoms with Gasteiger partial charge in [0, 0.05) is 36.9 Å². The molecule has 6 heteroatoms. The second kappa shape index (κ2) is 9.84. The first-order chi connectivity index (χ1) is 15.5. The predicted octanol–water partition coefficient (Wildman–Crippen LogP) is 4.02. The van der Waals surface area contributed by atoms with Gasteiger partial charge >= 0.3 is 0 Å². The van der Waals surface area contributed by atoms with Crippen LogP contribution in [0.2, 0.25) is 0 Å². The molecule has 2 aliphatic rings. The molecule has 1 fully saturated rings. The first-order valence-corrected chi connectivity index (χ1v) is 11.7. The van der Waals surface area contributed by atoms with Crippen LogP contribution in [0.3, 0.4) is 0 Å². The van der Waals surface area contributed by atoms with Crippen molar-refractivity contribution in [3.63, 3.8) is 0 Å². The number of likely N-dealkylation sites (N-methyl/N-ethyl adjacent to an activating group) is 1. The number of carbonyl (C=O) groups excluding carboxylic acids is 2. The summed E-state index contributed by atoms with van der Waals surface area (Å²) in [6.07, 6.45) is 0.638. The van der Waals surface area contributed by atoms with Gasteiger partial charge in [-0.15, -0.1) is 0 Å². The van der Waals surface area contributed by atoms with Crippen LogP contribution in [-0.4, -0.2) is 55.1 Å². The van der Waals surface area contributed by atoms with Gasteiger partial charge < -0.3 is 14.5 Å². The Kier molecular flexibility index (Phi) is 6.92. The fraction of sp³-hybridized carbons (Fsp3) is 0.462. The largest absolute Gasteiger partial charge is 0.366 e. The van der Waals surface area contributed by atoms with E-state index in [2.05, 4.69) is 18.7 Å². The first-order valence-electron chi connectivity index (χ1n) is 11.7. The molecule has 1 unspecified atom stereocenters. The Morgan fingerprint density at radius 1 is 1.06 bits per heavy atom. The Labute approximate surface area is 190 Å². The van der Waals surface area contributed by atoms with Crippen LogP contribution in [0, 0.1) is 0 Å². The fourth-order valence-corrected chi connectivity index (χ4v) is 4.91. The molecule has 0 spiro atoms. The molecule has 32 heavy (non-hydrogen) atoms. The van der Waals surface area contributed by atoms with Crippen molar-refractivity contribution in [2.24, 2.45) is 0 Å². The molecule has 0 radical (unpaired) electrons. The van der Waals surface area contributed by atoms with Crippen LogP contribution in [0.1, 0.15) is 45.2 Å². The average molecular weight is 436 g/mol. The van der Waals surface area contributed by atoms with Gasteiger partial charge in [0.25, 0.3) is 5.91 Å². The Morgan fingerprint density at radius 3 is 2.50 bits per heavy atom. The molecule has 6 nitrogen and oxygen atoms in total. The van der Waals surface area contributed by atoms with Crippen molar-refractivity contribution in [2.75, 3.05) is 36.0 Å². The van der Waals surface area contributed by atoms with Crippen molar-refractivity contribution in [3.8, 4) is 0 Å². The van der Waals surface area contributed by atoms with E-state index in [9.17, 15) is 9.59 Å². The molecule has 0 aliphatic carbocycles. The summed E-state index contributed by atoms with van der Waals surface area (Å²) in [5.41, 5.74) is 2.77. The molecule has 2 amide bonds. The van der Waals surface area contributed by atoms with Gasteiger partial charge in [0.15, 0.2) is 0 Å². The molecule has 0 bridgehead atoms. The first kappa shape index (κ1) is 22.5. The number of ether oxygens (including phenoxy) is 1. The Bertz CT molecular complexity index is 948. The van der Waals surface area contributed by atoms with Crippen molar-refractivity contribution in [1.29, 1.82) is 0 Å². The van der Waals surface area contributed by atoms with Crippen LogP contribution < -0.4 is 9.80 Å². The third-order valence-electron chi connectivity index (χ3n) is 6.59. The summed E-state index contributed by atoms with van der Waals surface area (Å²) in [6, 6.07) is 17.6. The smallest absolute Gasteiger partial charge is 0.257 e. The van der Waals surface area contributed by atoms with Crippen LogP contribution in [0.25, 0.3) is 0 Å². The Hall–Kier alpha value is -2.70. The number of carbonyl (C=O) groups is 2. The fourth-order valence-electron chi connectivity index (χ4n) is 4.91. The second-order valence-corrected chi connectivity index (χ2v) is 8.57. The van der Waals surface area contributed by atoms with Gasteiger partial charge in [-0.1, -0.05) is 50.2 Å². The highest BCUT2D eigenvalue weighted by atomic mass is 16.5. The third kappa shape index (κ3) is 4.30. The number of rotatable bonds is 5. The molecule has 3 atom stereocenters. The Balaban J connectivity index is 1.70. The normalized spacial score (nSPS) is 23.5. The zero-order chi connectivity index (χ0) is 22.7. The summed E-state index contributed by atoms with van der Waals surface area (Å²) < 4.78 is 5.89. The van der Waals surface area contributed by atoms with Crippen LogP contribution in [0.5, 0.6) is 0 Å². The molecular weight excluding hydrogens is 402 g/mol. The monoisotopic (exact) mass is 435 g/mol. The maximum absolute atomic E-state index is 13.6. The van der Waals surface area contributed by atoms with Gasteiger partial charge in [0.2, 0.25) is 5.91 Å². The lowest BCUT2D eigenvalue weighted by Crippen LogP contribution is -2.55. The zero-order valence-corrected chi connectivity index (χ0v) is 19.2. The number of fused-ring (bicyclic) bond motifs is 1. The van der Waals surface area contributed by atoms with Crippen molar-refractivity contribution in [2.45, 2.75) is 51.8 Å². The number of benzene rings is 2. The minimum absolute atomic E-state index is 0.00892. The van der Waals surface area contributed by atoms with E-state index in [1.165, 1.54) is 0 Å². The number of hydrogen-bond acceptors (Lipinski definition) is 4. The van der Waals surface area contributed by atoms with Gasteiger partial charge in [-0.2, -0.15) is 0 Å². The van der Waals surface area contributed by atoms with Crippen molar-refractivity contribution < 1.29 is 14.3 Å². The topological polar surface area (TPSA) is 53.1 Å². The highest BCUT2D eigenvalue weighted by Crippen LogP contribution is 2.42. The predicted molar refractivity (Wildman–Crippen MR) is 127 cm³/mol. The average Bonchev–Trinajstić information content (AvgIpc) is 2.84. The van der Waals surface area contributed by atoms with E-state index in [-0.39, 0.29) is 23.9 Å². The minimum Gasteiger partial charge on any atom is -0.366 e. The summed E-state index contributed by atoms with van der Waals surface area (Å²) >= 11 is 0. The van der Waals surface area contributed by atoms with Crippen molar-refractivity contribution in [3.05, 3.63) is 60.2 Å². The molecule has 0 N–H and O–H groups in total. The molecule has 1 saturated heterocycles. The third-order valence-corrected chi connectivity index (χ3v) is 6.59. The molecule has 2 aromatic rings. The zero-order valence-electron chi connectivity index (χ0n) is 19.2. The summed E-state index contributed by atoms with van der Waals surface area (Å²) in [5, 5.41) is 0. The van der Waals surface area contributed by atoms with Gasteiger partial charge in [-0.3, -0.25) is 14.5 Å². The van der Waals surface area contributed by atoms with Crippen molar-refractivity contribution >= 4 is 23.2 Å². The summed E-state index contributed by atoms with van der Waals surface area (Å²) in [7, 11) is 0. The molecule has 2 heterocycles. The number of morpholine rings is 1. The van der Waals surface area contributed by atoms with Crippen LogP contribution in [0.15, 0.2) is 54.6 Å². The molecule has 0 saturated carbocycles. The maximum atomic E-state index is 13.6. The molecule has 0 aromatic heterocycles. The van der Waals surface area contributed by atoms with E-state index in [4.69, 9.17) is 4.74 Å². The summed E-state index contributed by atoms with van der Waals surface area (Å²) in [5.74, 6) is 0.0896. The summed E-state index contributed by atoms with van der Waals surface area (Å²) in [4.78, 5) is 32.8. The molecular formula is C26H33N3O3. The molecule has 2 aliphatic heterocycles. The lowest BCUT2D eigenvalue weighted by molar-refractivity contribution is -0.136. The van der Waals surface area contributed by atoms with Crippen molar-refractivity contribution in [1.82, 2.24) is 4.90 Å². The quantitative estimate of drug-likeness (QED) is 0.712. The van der Waals surface area contributed by atoms with E-state index in [0.29, 0.717) is 26.0 Å². The van der Waals surface area contributed by atoms with Gasteiger partial charge in [0.1, 0.15) is 6.10 Å². The summed E-state index contributed by atoms with van der Waals surface area (Å²) in [6.45, 7) is 9.04. The van der Waals surface area contributed by atoms with E-state index in [0.717, 1.165) is 30.0 Å². The highest BCUT2D eigenvalue weighted by molar-refractivity contribution is 6.00. The number of para-hydroxylation sites is 2. The molecule has 170 valence electrons. The van der Waals surface area contributed by atoms with Crippen LogP contribution >= 0.6 is 0 Å². The molecule has 4 rings (SSSR count). The minimum atomic E-state index is -0.460. The standard InChI is InChI=1S/C26H33N3O3/c1-4-25(30)29(20-11-7-6-8-12-20)23-17-19(3)28(22-14-10-9-13-21(22)23)26(31)24-18-27(5-2)15-16-32-24/h6-14,19,23-24H,4-5,15-18H2,1-3H3/t19-,23+,24?/m0/s1. The van der Waals surface area contributed by atoms with Crippen LogP contribution in [0.4, 0.5) is 11.4 Å². The van der Waals surface area contributed by atoms with E-state index >= 15 is 0 Å². The van der Waals surface area contributed by atoms with Gasteiger partial charge in [0.05, 0.1) is 12.6 Å². The number of hydrogen-bond donors (Lipinski definition) is 0. The van der Waals surface area contributed by atoms with E-state index in [1.807, 2.05) is 71.3 Å². The van der Waals surface area contributed by atoms with Gasteiger partial charge in [-0.05, 0) is 43.7 Å². The lowest BCUT2D eigenvalue weighted by atomic mass is 9.89. The highest BCUT2D eigenvalue weighted by Gasteiger charge is 2.41. The number of nitrogens with zero attached hydrogens (tertiary/aromatic N) is 3.